The summed E-state index contributed by atoms with van der Waals surface area (Å²) in [6.07, 6.45) is 2.40. The summed E-state index contributed by atoms with van der Waals surface area (Å²) in [7, 11) is 0. The van der Waals surface area contributed by atoms with Gasteiger partial charge in [0.05, 0.1) is 5.69 Å². The normalized spacial score (nSPS) is 25.0. The third kappa shape index (κ3) is 2.29. The van der Waals surface area contributed by atoms with Crippen molar-refractivity contribution in [2.75, 3.05) is 11.4 Å². The Balaban J connectivity index is 2.27. The number of aryl methyl sites for hydroxylation is 1. The lowest BCUT2D eigenvalue weighted by atomic mass is 9.93. The quantitative estimate of drug-likeness (QED) is 0.881. The van der Waals surface area contributed by atoms with E-state index in [4.69, 9.17) is 5.11 Å². The van der Waals surface area contributed by atoms with Gasteiger partial charge in [-0.2, -0.15) is 0 Å². The molecular formula is C12H18N2O2S. The SMILES string of the molecule is Cc1nc(N2CCCC(C)C2C)sc1C(=O)O. The van der Waals surface area contributed by atoms with E-state index in [1.54, 1.807) is 6.92 Å². The number of carboxylic acids is 1. The summed E-state index contributed by atoms with van der Waals surface area (Å²) in [6, 6.07) is 0.441. The van der Waals surface area contributed by atoms with E-state index in [0.717, 1.165) is 18.1 Å². The molecule has 0 saturated carbocycles. The Labute approximate surface area is 105 Å². The fourth-order valence-corrected chi connectivity index (χ4v) is 3.33. The van der Waals surface area contributed by atoms with Gasteiger partial charge in [-0.3, -0.25) is 0 Å². The number of anilines is 1. The maximum absolute atomic E-state index is 11.0. The summed E-state index contributed by atoms with van der Waals surface area (Å²) < 4.78 is 0. The maximum Gasteiger partial charge on any atom is 0.347 e. The van der Waals surface area contributed by atoms with Crippen LogP contribution in [0.2, 0.25) is 0 Å². The number of hydrogen-bond donors (Lipinski definition) is 1. The summed E-state index contributed by atoms with van der Waals surface area (Å²) in [4.78, 5) is 18.0. The molecule has 1 aliphatic rings. The van der Waals surface area contributed by atoms with Gasteiger partial charge in [0, 0.05) is 12.6 Å². The first kappa shape index (κ1) is 12.4. The molecule has 0 aliphatic carbocycles. The van der Waals surface area contributed by atoms with Crippen LogP contribution in [0.1, 0.15) is 42.1 Å². The van der Waals surface area contributed by atoms with Crippen molar-refractivity contribution in [2.45, 2.75) is 39.7 Å². The first-order valence-corrected chi connectivity index (χ1v) is 6.79. The van der Waals surface area contributed by atoms with Gasteiger partial charge < -0.3 is 10.0 Å². The summed E-state index contributed by atoms with van der Waals surface area (Å²) in [5.74, 6) is -0.231. The molecule has 5 heteroatoms. The first-order valence-electron chi connectivity index (χ1n) is 5.98. The number of nitrogens with zero attached hydrogens (tertiary/aromatic N) is 2. The lowest BCUT2D eigenvalue weighted by Gasteiger charge is -2.37. The number of aromatic carboxylic acids is 1. The van der Waals surface area contributed by atoms with E-state index in [9.17, 15) is 4.79 Å². The van der Waals surface area contributed by atoms with Gasteiger partial charge in [-0.25, -0.2) is 9.78 Å². The molecule has 0 spiro atoms. The Hall–Kier alpha value is -1.10. The van der Waals surface area contributed by atoms with Crippen molar-refractivity contribution in [3.8, 4) is 0 Å². The zero-order valence-corrected chi connectivity index (χ0v) is 11.3. The van der Waals surface area contributed by atoms with Gasteiger partial charge in [-0.05, 0) is 32.6 Å². The van der Waals surface area contributed by atoms with E-state index < -0.39 is 5.97 Å². The Morgan fingerprint density at radius 2 is 2.24 bits per heavy atom. The zero-order valence-electron chi connectivity index (χ0n) is 10.4. The second-order valence-corrected chi connectivity index (χ2v) is 5.75. The molecule has 17 heavy (non-hydrogen) atoms. The monoisotopic (exact) mass is 254 g/mol. The molecule has 1 saturated heterocycles. The number of carboxylic acid groups (broad SMARTS) is 1. The van der Waals surface area contributed by atoms with E-state index in [1.165, 1.54) is 17.8 Å². The van der Waals surface area contributed by atoms with E-state index >= 15 is 0 Å². The molecule has 2 atom stereocenters. The Morgan fingerprint density at radius 3 is 2.82 bits per heavy atom. The lowest BCUT2D eigenvalue weighted by molar-refractivity contribution is 0.0701. The molecule has 1 aromatic rings. The largest absolute Gasteiger partial charge is 0.477 e. The van der Waals surface area contributed by atoms with Gasteiger partial charge in [0.25, 0.3) is 0 Å². The van der Waals surface area contributed by atoms with Crippen LogP contribution in [0.25, 0.3) is 0 Å². The van der Waals surface area contributed by atoms with E-state index in [-0.39, 0.29) is 0 Å². The van der Waals surface area contributed by atoms with Crippen molar-refractivity contribution in [3.63, 3.8) is 0 Å². The van der Waals surface area contributed by atoms with Crippen molar-refractivity contribution in [1.29, 1.82) is 0 Å². The Morgan fingerprint density at radius 1 is 1.53 bits per heavy atom. The smallest absolute Gasteiger partial charge is 0.347 e. The van der Waals surface area contributed by atoms with Crippen LogP contribution in [0.5, 0.6) is 0 Å². The second kappa shape index (κ2) is 4.64. The van der Waals surface area contributed by atoms with Crippen molar-refractivity contribution in [1.82, 2.24) is 4.98 Å². The number of piperidine rings is 1. The molecule has 94 valence electrons. The van der Waals surface area contributed by atoms with Gasteiger partial charge in [0.1, 0.15) is 4.88 Å². The van der Waals surface area contributed by atoms with E-state index in [2.05, 4.69) is 23.7 Å². The van der Waals surface area contributed by atoms with Crippen molar-refractivity contribution in [3.05, 3.63) is 10.6 Å². The standard InChI is InChI=1S/C12H18N2O2S/c1-7-5-4-6-14(9(7)3)12-13-8(2)10(17-12)11(15)16/h7,9H,4-6H2,1-3H3,(H,15,16). The Bertz CT molecular complexity index is 430. The van der Waals surface area contributed by atoms with Crippen molar-refractivity contribution in [2.24, 2.45) is 5.92 Å². The molecule has 0 amide bonds. The van der Waals surface area contributed by atoms with Crippen LogP contribution in [0.3, 0.4) is 0 Å². The average molecular weight is 254 g/mol. The van der Waals surface area contributed by atoms with Gasteiger partial charge in [0.2, 0.25) is 0 Å². The molecule has 1 N–H and O–H groups in total. The number of carbonyl (C=O) groups is 1. The fourth-order valence-electron chi connectivity index (χ4n) is 2.31. The molecule has 0 radical (unpaired) electrons. The van der Waals surface area contributed by atoms with Gasteiger partial charge in [-0.1, -0.05) is 18.3 Å². The number of rotatable bonds is 2. The second-order valence-electron chi connectivity index (χ2n) is 4.77. The maximum atomic E-state index is 11.0. The number of aromatic nitrogens is 1. The van der Waals surface area contributed by atoms with Crippen LogP contribution in [0.15, 0.2) is 0 Å². The molecule has 0 bridgehead atoms. The molecule has 4 nitrogen and oxygen atoms in total. The van der Waals surface area contributed by atoms with Gasteiger partial charge in [-0.15, -0.1) is 0 Å². The molecule has 2 unspecified atom stereocenters. The summed E-state index contributed by atoms with van der Waals surface area (Å²) in [5.41, 5.74) is 0.628. The molecule has 2 heterocycles. The molecular weight excluding hydrogens is 236 g/mol. The van der Waals surface area contributed by atoms with Crippen LogP contribution in [0.4, 0.5) is 5.13 Å². The Kier molecular flexibility index (Phi) is 3.38. The first-order chi connectivity index (χ1) is 8.00. The number of hydrogen-bond acceptors (Lipinski definition) is 4. The highest BCUT2D eigenvalue weighted by atomic mass is 32.1. The van der Waals surface area contributed by atoms with Crippen molar-refractivity contribution < 1.29 is 9.90 Å². The third-order valence-electron chi connectivity index (χ3n) is 3.60. The predicted molar refractivity (Wildman–Crippen MR) is 69.0 cm³/mol. The van der Waals surface area contributed by atoms with E-state index in [1.807, 2.05) is 0 Å². The van der Waals surface area contributed by atoms with Crippen LogP contribution in [-0.2, 0) is 0 Å². The molecule has 1 aromatic heterocycles. The molecule has 1 aliphatic heterocycles. The van der Waals surface area contributed by atoms with Crippen LogP contribution in [-0.4, -0.2) is 28.6 Å². The highest BCUT2D eigenvalue weighted by Gasteiger charge is 2.28. The van der Waals surface area contributed by atoms with E-state index in [0.29, 0.717) is 22.5 Å². The van der Waals surface area contributed by atoms with Crippen LogP contribution < -0.4 is 4.90 Å². The van der Waals surface area contributed by atoms with Gasteiger partial charge in [0.15, 0.2) is 5.13 Å². The topological polar surface area (TPSA) is 53.4 Å². The fraction of sp³-hybridized carbons (Fsp3) is 0.667. The summed E-state index contributed by atoms with van der Waals surface area (Å²) in [5, 5.41) is 9.91. The number of thiazole rings is 1. The molecule has 0 aromatic carbocycles. The average Bonchev–Trinajstić information content (AvgIpc) is 2.64. The predicted octanol–water partition coefficient (Wildman–Crippen LogP) is 2.77. The minimum Gasteiger partial charge on any atom is -0.477 e. The minimum atomic E-state index is -0.871. The van der Waals surface area contributed by atoms with Crippen LogP contribution >= 0.6 is 11.3 Å². The lowest BCUT2D eigenvalue weighted by Crippen LogP contribution is -2.42. The highest BCUT2D eigenvalue weighted by Crippen LogP contribution is 2.32. The third-order valence-corrected chi connectivity index (χ3v) is 4.78. The molecule has 2 rings (SSSR count). The minimum absolute atomic E-state index is 0.366. The van der Waals surface area contributed by atoms with Gasteiger partial charge >= 0.3 is 5.97 Å². The summed E-state index contributed by atoms with van der Waals surface area (Å²) in [6.45, 7) is 7.19. The van der Waals surface area contributed by atoms with Crippen LogP contribution in [0, 0.1) is 12.8 Å². The zero-order chi connectivity index (χ0) is 12.6. The molecule has 1 fully saturated rings. The van der Waals surface area contributed by atoms with Crippen molar-refractivity contribution >= 4 is 22.4 Å². The highest BCUT2D eigenvalue weighted by molar-refractivity contribution is 7.17. The summed E-state index contributed by atoms with van der Waals surface area (Å²) >= 11 is 1.30.